The molecule has 0 heterocycles. The van der Waals surface area contributed by atoms with Gasteiger partial charge in [0.2, 0.25) is 0 Å². The lowest BCUT2D eigenvalue weighted by atomic mass is 10.2. The van der Waals surface area contributed by atoms with E-state index in [0.717, 1.165) is 0 Å². The standard InChI is InChI=1S/C8H15ClO2/c1-6(2)7(10)11-5-8(3,4)9/h6H,5H2,1-4H3. The highest BCUT2D eigenvalue weighted by Gasteiger charge is 2.17. The van der Waals surface area contributed by atoms with Crippen LogP contribution in [0.2, 0.25) is 0 Å². The van der Waals surface area contributed by atoms with Gasteiger partial charge in [0.25, 0.3) is 0 Å². The fourth-order valence-corrected chi connectivity index (χ4v) is 0.464. The summed E-state index contributed by atoms with van der Waals surface area (Å²) in [6.07, 6.45) is 0. The van der Waals surface area contributed by atoms with E-state index in [1.54, 1.807) is 13.8 Å². The second-order valence-corrected chi connectivity index (χ2v) is 4.50. The van der Waals surface area contributed by atoms with Crippen LogP contribution in [0.5, 0.6) is 0 Å². The average Bonchev–Trinajstić information content (AvgIpc) is 1.80. The zero-order chi connectivity index (χ0) is 9.07. The maximum absolute atomic E-state index is 10.9. The highest BCUT2D eigenvalue weighted by molar-refractivity contribution is 6.23. The molecule has 0 aromatic heterocycles. The number of carbonyl (C=O) groups is 1. The van der Waals surface area contributed by atoms with Crippen LogP contribution in [0.4, 0.5) is 0 Å². The van der Waals surface area contributed by atoms with E-state index in [-0.39, 0.29) is 18.5 Å². The number of rotatable bonds is 3. The first-order valence-electron chi connectivity index (χ1n) is 3.68. The minimum Gasteiger partial charge on any atom is -0.464 e. The Labute approximate surface area is 72.9 Å². The van der Waals surface area contributed by atoms with Crippen LogP contribution in [0.15, 0.2) is 0 Å². The van der Waals surface area contributed by atoms with Gasteiger partial charge in [0.05, 0.1) is 10.8 Å². The molecule has 0 rings (SSSR count). The van der Waals surface area contributed by atoms with E-state index in [4.69, 9.17) is 16.3 Å². The van der Waals surface area contributed by atoms with Gasteiger partial charge in [-0.25, -0.2) is 0 Å². The van der Waals surface area contributed by atoms with E-state index >= 15 is 0 Å². The van der Waals surface area contributed by atoms with Gasteiger partial charge in [0.15, 0.2) is 0 Å². The van der Waals surface area contributed by atoms with Crippen molar-refractivity contribution in [3.63, 3.8) is 0 Å². The van der Waals surface area contributed by atoms with Crippen molar-refractivity contribution in [3.05, 3.63) is 0 Å². The summed E-state index contributed by atoms with van der Waals surface area (Å²) in [4.78, 5) is 10.5. The van der Waals surface area contributed by atoms with Crippen LogP contribution in [-0.2, 0) is 9.53 Å². The van der Waals surface area contributed by atoms with Gasteiger partial charge in [-0.15, -0.1) is 11.6 Å². The van der Waals surface area contributed by atoms with Gasteiger partial charge < -0.3 is 4.74 Å². The molecule has 3 heteroatoms. The summed E-state index contributed by atoms with van der Waals surface area (Å²) in [6.45, 7) is 7.48. The molecule has 0 aliphatic carbocycles. The Morgan fingerprint density at radius 1 is 1.55 bits per heavy atom. The molecule has 0 aromatic rings. The van der Waals surface area contributed by atoms with E-state index in [2.05, 4.69) is 0 Å². The lowest BCUT2D eigenvalue weighted by molar-refractivity contribution is -0.148. The topological polar surface area (TPSA) is 26.3 Å². The predicted molar refractivity (Wildman–Crippen MR) is 45.7 cm³/mol. The zero-order valence-corrected chi connectivity index (χ0v) is 8.23. The van der Waals surface area contributed by atoms with Gasteiger partial charge in [-0.05, 0) is 13.8 Å². The maximum Gasteiger partial charge on any atom is 0.308 e. The molecule has 0 spiro atoms. The van der Waals surface area contributed by atoms with Crippen molar-refractivity contribution in [1.82, 2.24) is 0 Å². The summed E-state index contributed by atoms with van der Waals surface area (Å²) in [5.74, 6) is -0.271. The number of alkyl halides is 1. The molecular weight excluding hydrogens is 164 g/mol. The van der Waals surface area contributed by atoms with Gasteiger partial charge in [0, 0.05) is 0 Å². The number of esters is 1. The first kappa shape index (κ1) is 10.8. The van der Waals surface area contributed by atoms with E-state index in [1.807, 2.05) is 13.8 Å². The number of hydrogen-bond acceptors (Lipinski definition) is 2. The zero-order valence-electron chi connectivity index (χ0n) is 7.48. The fourth-order valence-electron chi connectivity index (χ4n) is 0.409. The van der Waals surface area contributed by atoms with E-state index < -0.39 is 4.87 Å². The predicted octanol–water partition coefficient (Wildman–Crippen LogP) is 2.20. The number of halogens is 1. The Bertz CT molecular complexity index is 136. The first-order chi connectivity index (χ1) is 4.83. The quantitative estimate of drug-likeness (QED) is 0.489. The molecule has 0 saturated heterocycles. The van der Waals surface area contributed by atoms with Gasteiger partial charge >= 0.3 is 5.97 Å². The highest BCUT2D eigenvalue weighted by atomic mass is 35.5. The van der Waals surface area contributed by atoms with Crippen molar-refractivity contribution in [2.24, 2.45) is 5.92 Å². The molecule has 0 N–H and O–H groups in total. The van der Waals surface area contributed by atoms with Crippen LogP contribution in [-0.4, -0.2) is 17.5 Å². The normalized spacial score (nSPS) is 11.8. The number of ether oxygens (including phenoxy) is 1. The second-order valence-electron chi connectivity index (χ2n) is 3.48. The highest BCUT2D eigenvalue weighted by Crippen LogP contribution is 2.13. The van der Waals surface area contributed by atoms with Crippen molar-refractivity contribution < 1.29 is 9.53 Å². The molecular formula is C8H15ClO2. The smallest absolute Gasteiger partial charge is 0.308 e. The molecule has 2 nitrogen and oxygen atoms in total. The van der Waals surface area contributed by atoms with Crippen molar-refractivity contribution in [2.45, 2.75) is 32.6 Å². The van der Waals surface area contributed by atoms with Crippen LogP contribution < -0.4 is 0 Å². The minimum absolute atomic E-state index is 0.0750. The Hall–Kier alpha value is -0.240. The molecule has 0 aliphatic rings. The van der Waals surface area contributed by atoms with E-state index in [1.165, 1.54) is 0 Å². The van der Waals surface area contributed by atoms with Crippen LogP contribution in [0.25, 0.3) is 0 Å². The summed E-state index contributed by atoms with van der Waals surface area (Å²) in [5.41, 5.74) is 0. The van der Waals surface area contributed by atoms with Crippen molar-refractivity contribution in [3.8, 4) is 0 Å². The van der Waals surface area contributed by atoms with Crippen molar-refractivity contribution in [2.75, 3.05) is 6.61 Å². The molecule has 66 valence electrons. The Morgan fingerprint density at radius 2 is 2.00 bits per heavy atom. The molecule has 0 bridgehead atoms. The van der Waals surface area contributed by atoms with E-state index in [9.17, 15) is 4.79 Å². The molecule has 0 aliphatic heterocycles. The first-order valence-corrected chi connectivity index (χ1v) is 4.06. The molecule has 0 atom stereocenters. The second kappa shape index (κ2) is 3.96. The van der Waals surface area contributed by atoms with Gasteiger partial charge in [-0.1, -0.05) is 13.8 Å². The molecule has 0 aromatic carbocycles. The Kier molecular flexibility index (Phi) is 3.87. The molecule has 0 unspecified atom stereocenters. The molecule has 0 saturated carbocycles. The third-order valence-electron chi connectivity index (χ3n) is 1.03. The van der Waals surface area contributed by atoms with Crippen LogP contribution in [0.3, 0.4) is 0 Å². The molecule has 0 amide bonds. The molecule has 0 radical (unpaired) electrons. The summed E-state index contributed by atoms with van der Waals surface area (Å²) < 4.78 is 4.90. The van der Waals surface area contributed by atoms with Crippen molar-refractivity contribution in [1.29, 1.82) is 0 Å². The largest absolute Gasteiger partial charge is 0.464 e. The fraction of sp³-hybridized carbons (Fsp3) is 0.875. The van der Waals surface area contributed by atoms with Crippen LogP contribution >= 0.6 is 11.6 Å². The number of carbonyl (C=O) groups excluding carboxylic acids is 1. The minimum atomic E-state index is -0.454. The molecule has 0 fully saturated rings. The third-order valence-corrected chi connectivity index (χ3v) is 1.14. The lowest BCUT2D eigenvalue weighted by Crippen LogP contribution is -2.23. The van der Waals surface area contributed by atoms with E-state index in [0.29, 0.717) is 0 Å². The average molecular weight is 179 g/mol. The van der Waals surface area contributed by atoms with Crippen LogP contribution in [0.1, 0.15) is 27.7 Å². The lowest BCUT2D eigenvalue weighted by Gasteiger charge is -2.16. The third kappa shape index (κ3) is 6.17. The summed E-state index contributed by atoms with van der Waals surface area (Å²) in [7, 11) is 0. The van der Waals surface area contributed by atoms with Gasteiger partial charge in [-0.3, -0.25) is 4.79 Å². The Balaban J connectivity index is 3.64. The van der Waals surface area contributed by atoms with Gasteiger partial charge in [0.1, 0.15) is 6.61 Å². The maximum atomic E-state index is 10.9. The summed E-state index contributed by atoms with van der Waals surface area (Å²) in [6, 6.07) is 0. The summed E-state index contributed by atoms with van der Waals surface area (Å²) >= 11 is 5.80. The number of hydrogen-bond donors (Lipinski definition) is 0. The van der Waals surface area contributed by atoms with Gasteiger partial charge in [-0.2, -0.15) is 0 Å². The monoisotopic (exact) mass is 178 g/mol. The summed E-state index contributed by atoms with van der Waals surface area (Å²) in [5, 5.41) is 0. The van der Waals surface area contributed by atoms with Crippen LogP contribution in [0, 0.1) is 5.92 Å². The Morgan fingerprint density at radius 3 is 2.27 bits per heavy atom. The SMILES string of the molecule is CC(C)C(=O)OCC(C)(C)Cl. The molecule has 11 heavy (non-hydrogen) atoms. The van der Waals surface area contributed by atoms with Crippen molar-refractivity contribution >= 4 is 17.6 Å².